The van der Waals surface area contributed by atoms with Crippen LogP contribution in [-0.4, -0.2) is 56.6 Å². The first-order valence-corrected chi connectivity index (χ1v) is 12.6. The predicted octanol–water partition coefficient (Wildman–Crippen LogP) is 2.48. The summed E-state index contributed by atoms with van der Waals surface area (Å²) in [5.41, 5.74) is -0.802. The predicted molar refractivity (Wildman–Crippen MR) is 120 cm³/mol. The van der Waals surface area contributed by atoms with Crippen molar-refractivity contribution in [3.05, 3.63) is 0 Å². The Balaban J connectivity index is 1.82. The van der Waals surface area contributed by atoms with Crippen molar-refractivity contribution in [2.24, 2.45) is 46.3 Å². The van der Waals surface area contributed by atoms with E-state index in [9.17, 15) is 24.0 Å². The van der Waals surface area contributed by atoms with Crippen molar-refractivity contribution < 1.29 is 42.9 Å². The molecular formula is C26H36O9. The van der Waals surface area contributed by atoms with Gasteiger partial charge in [0.2, 0.25) is 0 Å². The summed E-state index contributed by atoms with van der Waals surface area (Å²) in [7, 11) is 0. The molecule has 0 aliphatic heterocycles. The van der Waals surface area contributed by atoms with E-state index in [2.05, 4.69) is 13.8 Å². The molecule has 0 heterocycles. The Labute approximate surface area is 205 Å². The third-order valence-corrected chi connectivity index (χ3v) is 10.5. The van der Waals surface area contributed by atoms with Gasteiger partial charge in [0.15, 0.2) is 0 Å². The van der Waals surface area contributed by atoms with Crippen molar-refractivity contribution in [3.8, 4) is 0 Å². The lowest BCUT2D eigenvalue weighted by molar-refractivity contribution is -0.251. The molecule has 0 N–H and O–H groups in total. The normalized spacial score (nSPS) is 47.0. The second kappa shape index (κ2) is 9.90. The van der Waals surface area contributed by atoms with Crippen LogP contribution in [0.2, 0.25) is 0 Å². The number of fused-ring (bicyclic) bond motifs is 5. The minimum absolute atomic E-state index is 0.00280. The molecule has 4 aliphatic carbocycles. The molecule has 9 nitrogen and oxygen atoms in total. The second-order valence-corrected chi connectivity index (χ2v) is 11.4. The van der Waals surface area contributed by atoms with Gasteiger partial charge in [0.25, 0.3) is 25.9 Å². The Hall–Kier alpha value is -2.45. The van der Waals surface area contributed by atoms with Crippen LogP contribution in [0.15, 0.2) is 0 Å². The van der Waals surface area contributed by atoms with Crippen LogP contribution in [0, 0.1) is 46.3 Å². The Morgan fingerprint density at radius 1 is 0.743 bits per heavy atom. The van der Waals surface area contributed by atoms with Crippen LogP contribution in [0.4, 0.5) is 0 Å². The van der Waals surface area contributed by atoms with E-state index in [4.69, 9.17) is 18.9 Å². The monoisotopic (exact) mass is 492 g/mol. The summed E-state index contributed by atoms with van der Waals surface area (Å²) in [6, 6.07) is 0. The molecule has 4 fully saturated rings. The fraction of sp³-hybridized carbons (Fsp3) is 0.808. The van der Waals surface area contributed by atoms with Gasteiger partial charge in [-0.1, -0.05) is 20.8 Å². The third-order valence-electron chi connectivity index (χ3n) is 10.5. The van der Waals surface area contributed by atoms with Gasteiger partial charge in [-0.2, -0.15) is 0 Å². The number of ether oxygens (including phenoxy) is 4. The van der Waals surface area contributed by atoms with Crippen LogP contribution in [0.1, 0.15) is 59.3 Å². The van der Waals surface area contributed by atoms with Gasteiger partial charge in [0, 0.05) is 23.2 Å². The minimum Gasteiger partial charge on any atom is -0.465 e. The molecule has 0 bridgehead atoms. The van der Waals surface area contributed by atoms with Crippen LogP contribution in [0.5, 0.6) is 0 Å². The summed E-state index contributed by atoms with van der Waals surface area (Å²) < 4.78 is 22.4. The molecule has 0 aromatic heterocycles. The van der Waals surface area contributed by atoms with Crippen LogP contribution in [0.3, 0.4) is 0 Å². The summed E-state index contributed by atoms with van der Waals surface area (Å²) in [6.07, 6.45) is 2.96. The average molecular weight is 493 g/mol. The summed E-state index contributed by atoms with van der Waals surface area (Å²) in [5, 5.41) is 0. The molecule has 9 heteroatoms. The average Bonchev–Trinajstić information content (AvgIpc) is 3.20. The highest BCUT2D eigenvalue weighted by molar-refractivity contribution is 5.54. The Morgan fingerprint density at radius 2 is 1.40 bits per heavy atom. The van der Waals surface area contributed by atoms with E-state index >= 15 is 0 Å². The number of hydrogen-bond acceptors (Lipinski definition) is 9. The van der Waals surface area contributed by atoms with Gasteiger partial charge in [-0.15, -0.1) is 0 Å². The highest BCUT2D eigenvalue weighted by Crippen LogP contribution is 2.69. The molecule has 0 amide bonds. The van der Waals surface area contributed by atoms with Gasteiger partial charge in [-0.05, 0) is 61.7 Å². The van der Waals surface area contributed by atoms with E-state index in [1.807, 2.05) is 6.92 Å². The molecule has 4 rings (SSSR count). The van der Waals surface area contributed by atoms with Crippen molar-refractivity contribution in [1.82, 2.24) is 0 Å². The van der Waals surface area contributed by atoms with E-state index in [0.29, 0.717) is 45.2 Å². The zero-order chi connectivity index (χ0) is 25.4. The number of hydrogen-bond donors (Lipinski definition) is 0. The smallest absolute Gasteiger partial charge is 0.293 e. The first-order valence-electron chi connectivity index (χ1n) is 12.6. The lowest BCUT2D eigenvalue weighted by Crippen LogP contribution is -2.67. The van der Waals surface area contributed by atoms with Gasteiger partial charge in [-0.3, -0.25) is 19.2 Å². The maximum absolute atomic E-state index is 11.8. The van der Waals surface area contributed by atoms with Gasteiger partial charge >= 0.3 is 0 Å². The van der Waals surface area contributed by atoms with E-state index in [0.717, 1.165) is 25.5 Å². The summed E-state index contributed by atoms with van der Waals surface area (Å²) in [5.74, 6) is -0.507. The van der Waals surface area contributed by atoms with Crippen molar-refractivity contribution in [3.63, 3.8) is 0 Å². The molecule has 0 saturated heterocycles. The maximum Gasteiger partial charge on any atom is 0.293 e. The molecule has 4 aliphatic rings. The van der Waals surface area contributed by atoms with Gasteiger partial charge in [0.1, 0.15) is 30.7 Å². The minimum atomic E-state index is -0.683. The highest BCUT2D eigenvalue weighted by atomic mass is 16.6. The van der Waals surface area contributed by atoms with Gasteiger partial charge in [-0.25, -0.2) is 0 Å². The summed E-state index contributed by atoms with van der Waals surface area (Å²) in [6.45, 7) is 7.94. The van der Waals surface area contributed by atoms with Crippen LogP contribution < -0.4 is 0 Å². The van der Waals surface area contributed by atoms with Crippen molar-refractivity contribution in [2.75, 3.05) is 0 Å². The molecule has 35 heavy (non-hydrogen) atoms. The molecule has 0 aromatic carbocycles. The van der Waals surface area contributed by atoms with E-state index in [1.54, 1.807) is 0 Å². The van der Waals surface area contributed by atoms with Crippen molar-refractivity contribution in [2.45, 2.75) is 83.7 Å². The zero-order valence-corrected chi connectivity index (χ0v) is 20.6. The van der Waals surface area contributed by atoms with Gasteiger partial charge < -0.3 is 23.7 Å². The first kappa shape index (κ1) is 25.6. The Bertz CT molecular complexity index is 832. The molecule has 0 radical (unpaired) electrons. The third kappa shape index (κ3) is 3.85. The highest BCUT2D eigenvalue weighted by Gasteiger charge is 2.70. The molecular weight excluding hydrogens is 456 g/mol. The molecule has 12 atom stereocenters. The Kier molecular flexibility index (Phi) is 7.25. The molecule has 4 saturated carbocycles. The van der Waals surface area contributed by atoms with Gasteiger partial charge in [0.05, 0.1) is 0 Å². The summed E-state index contributed by atoms with van der Waals surface area (Å²) >= 11 is 0. The quantitative estimate of drug-likeness (QED) is 0.334. The Morgan fingerprint density at radius 3 is 2.03 bits per heavy atom. The summed E-state index contributed by atoms with van der Waals surface area (Å²) in [4.78, 5) is 57.8. The fourth-order valence-corrected chi connectivity index (χ4v) is 9.04. The van der Waals surface area contributed by atoms with E-state index in [-0.39, 0.29) is 53.1 Å². The number of carbonyl (C=O) groups is 5. The zero-order valence-electron chi connectivity index (χ0n) is 20.6. The van der Waals surface area contributed by atoms with Crippen LogP contribution >= 0.6 is 0 Å². The number of rotatable bonds is 10. The molecule has 194 valence electrons. The van der Waals surface area contributed by atoms with Crippen molar-refractivity contribution >= 4 is 32.2 Å². The maximum atomic E-state index is 11.8. The number of aldehydes is 1. The molecule has 0 aromatic rings. The lowest BCUT2D eigenvalue weighted by atomic mass is 9.42. The number of carbonyl (C=O) groups excluding carboxylic acids is 5. The SMILES string of the molecule is C[C@H](C=O)[C@H]1CC[C@H]2[C@@H]3[C@H](OC=O)[C@H](OC=O)[C@@H]4C[C@H](OC=O)CC[C@]4(C)[C@H]3C[C@H](OC=O)[C@]12C. The lowest BCUT2D eigenvalue weighted by Gasteiger charge is -2.65. The standard InChI is InChI=1S/C26H36O9/c1-15(10-27)17-4-5-18-22-19(9-21(33-12-29)26(17,18)3)25(2)7-6-16(32-11-28)8-20(25)23(34-13-30)24(22)35-14-31/h10-24H,4-9H2,1-3H3/t15-,16-,17-,18+,19+,20+,21+,22+,23-,24+,25-,26-/m1/s1. The van der Waals surface area contributed by atoms with Crippen molar-refractivity contribution in [1.29, 1.82) is 0 Å². The topological polar surface area (TPSA) is 122 Å². The van der Waals surface area contributed by atoms with E-state index < -0.39 is 17.6 Å². The fourth-order valence-electron chi connectivity index (χ4n) is 9.04. The molecule has 0 unspecified atom stereocenters. The molecule has 0 spiro atoms. The van der Waals surface area contributed by atoms with Crippen LogP contribution in [-0.2, 0) is 42.9 Å². The largest absolute Gasteiger partial charge is 0.465 e. The first-order chi connectivity index (χ1) is 16.8. The second-order valence-electron chi connectivity index (χ2n) is 11.4. The van der Waals surface area contributed by atoms with Crippen LogP contribution in [0.25, 0.3) is 0 Å². The van der Waals surface area contributed by atoms with E-state index in [1.165, 1.54) is 0 Å².